The summed E-state index contributed by atoms with van der Waals surface area (Å²) >= 11 is 0. The van der Waals surface area contributed by atoms with Crippen LogP contribution in [0.2, 0.25) is 0 Å². The van der Waals surface area contributed by atoms with E-state index in [9.17, 15) is 4.79 Å². The van der Waals surface area contributed by atoms with E-state index in [1.165, 1.54) is 25.7 Å². The standard InChI is InChI=1S/C15H29N3O/c1-13-4-10-18(11-5-13)15(19)12-17(3)14-6-8-16(2)9-7-14/h13-14H,4-12H2,1-3H3. The van der Waals surface area contributed by atoms with Crippen LogP contribution in [0.3, 0.4) is 0 Å². The van der Waals surface area contributed by atoms with E-state index in [1.54, 1.807) is 0 Å². The predicted molar refractivity (Wildman–Crippen MR) is 78.1 cm³/mol. The van der Waals surface area contributed by atoms with Gasteiger partial charge in [-0.1, -0.05) is 6.92 Å². The van der Waals surface area contributed by atoms with Crippen molar-refractivity contribution in [2.45, 2.75) is 38.6 Å². The first-order valence-corrected chi connectivity index (χ1v) is 7.73. The average Bonchev–Trinajstić information content (AvgIpc) is 2.40. The molecule has 0 radical (unpaired) electrons. The normalized spacial score (nSPS) is 24.1. The molecule has 0 spiro atoms. The lowest BCUT2D eigenvalue weighted by atomic mass is 9.99. The van der Waals surface area contributed by atoms with Gasteiger partial charge >= 0.3 is 0 Å². The zero-order valence-electron chi connectivity index (χ0n) is 12.8. The lowest BCUT2D eigenvalue weighted by Crippen LogP contribution is -2.48. The maximum absolute atomic E-state index is 12.3. The van der Waals surface area contributed by atoms with Crippen molar-refractivity contribution in [2.24, 2.45) is 5.92 Å². The quantitative estimate of drug-likeness (QED) is 0.770. The molecule has 19 heavy (non-hydrogen) atoms. The summed E-state index contributed by atoms with van der Waals surface area (Å²) in [4.78, 5) is 19.0. The molecule has 2 rings (SSSR count). The van der Waals surface area contributed by atoms with E-state index in [0.29, 0.717) is 18.5 Å². The highest BCUT2D eigenvalue weighted by Gasteiger charge is 2.25. The first-order valence-electron chi connectivity index (χ1n) is 7.73. The molecule has 0 aromatic heterocycles. The molecule has 2 saturated heterocycles. The zero-order valence-corrected chi connectivity index (χ0v) is 12.8. The lowest BCUT2D eigenvalue weighted by Gasteiger charge is -2.36. The van der Waals surface area contributed by atoms with E-state index < -0.39 is 0 Å². The average molecular weight is 267 g/mol. The van der Waals surface area contributed by atoms with Gasteiger partial charge in [0.2, 0.25) is 5.91 Å². The van der Waals surface area contributed by atoms with Crippen molar-refractivity contribution in [3.8, 4) is 0 Å². The molecular weight excluding hydrogens is 238 g/mol. The molecule has 2 aliphatic rings. The molecule has 0 aromatic rings. The van der Waals surface area contributed by atoms with Gasteiger partial charge in [0.1, 0.15) is 0 Å². The van der Waals surface area contributed by atoms with Gasteiger partial charge in [0, 0.05) is 19.1 Å². The van der Waals surface area contributed by atoms with Crippen LogP contribution >= 0.6 is 0 Å². The highest BCUT2D eigenvalue weighted by Crippen LogP contribution is 2.17. The number of nitrogens with zero attached hydrogens (tertiary/aromatic N) is 3. The minimum Gasteiger partial charge on any atom is -0.342 e. The van der Waals surface area contributed by atoms with Gasteiger partial charge in [-0.3, -0.25) is 9.69 Å². The maximum Gasteiger partial charge on any atom is 0.236 e. The van der Waals surface area contributed by atoms with E-state index in [-0.39, 0.29) is 0 Å². The summed E-state index contributed by atoms with van der Waals surface area (Å²) in [6.45, 7) is 7.12. The predicted octanol–water partition coefficient (Wildman–Crippen LogP) is 1.27. The second kappa shape index (κ2) is 6.71. The van der Waals surface area contributed by atoms with E-state index in [0.717, 1.165) is 32.1 Å². The van der Waals surface area contributed by atoms with Gasteiger partial charge in [0.05, 0.1) is 6.54 Å². The number of likely N-dealkylation sites (N-methyl/N-ethyl adjacent to an activating group) is 1. The Kier molecular flexibility index (Phi) is 5.22. The number of piperidine rings is 2. The fourth-order valence-corrected chi connectivity index (χ4v) is 3.14. The Morgan fingerprint density at radius 3 is 2.26 bits per heavy atom. The summed E-state index contributed by atoms with van der Waals surface area (Å²) in [5, 5.41) is 0. The Balaban J connectivity index is 1.75. The third-order valence-electron chi connectivity index (χ3n) is 4.83. The number of carbonyl (C=O) groups excluding carboxylic acids is 1. The summed E-state index contributed by atoms with van der Waals surface area (Å²) < 4.78 is 0. The summed E-state index contributed by atoms with van der Waals surface area (Å²) in [5.74, 6) is 1.11. The molecule has 110 valence electrons. The summed E-state index contributed by atoms with van der Waals surface area (Å²) in [6.07, 6.45) is 4.72. The fourth-order valence-electron chi connectivity index (χ4n) is 3.14. The third-order valence-corrected chi connectivity index (χ3v) is 4.83. The topological polar surface area (TPSA) is 26.8 Å². The van der Waals surface area contributed by atoms with Crippen molar-refractivity contribution < 1.29 is 4.79 Å². The molecule has 0 bridgehead atoms. The van der Waals surface area contributed by atoms with Gasteiger partial charge in [0.25, 0.3) is 0 Å². The van der Waals surface area contributed by atoms with Crippen LogP contribution in [0.4, 0.5) is 0 Å². The van der Waals surface area contributed by atoms with Gasteiger partial charge in [-0.2, -0.15) is 0 Å². The molecular formula is C15H29N3O. The molecule has 2 aliphatic heterocycles. The first kappa shape index (κ1) is 14.8. The van der Waals surface area contributed by atoms with E-state index in [4.69, 9.17) is 0 Å². The first-order chi connectivity index (χ1) is 9.06. The van der Waals surface area contributed by atoms with Crippen LogP contribution in [-0.2, 0) is 4.79 Å². The SMILES string of the molecule is CC1CCN(C(=O)CN(C)C2CCN(C)CC2)CC1. The molecule has 2 heterocycles. The summed E-state index contributed by atoms with van der Waals surface area (Å²) in [6, 6.07) is 0.587. The van der Waals surface area contributed by atoms with Crippen LogP contribution < -0.4 is 0 Å². The molecule has 0 unspecified atom stereocenters. The number of carbonyl (C=O) groups is 1. The number of amides is 1. The van der Waals surface area contributed by atoms with E-state index >= 15 is 0 Å². The minimum atomic E-state index is 0.327. The molecule has 4 heteroatoms. The van der Waals surface area contributed by atoms with Gasteiger partial charge < -0.3 is 9.80 Å². The van der Waals surface area contributed by atoms with Crippen LogP contribution in [0.25, 0.3) is 0 Å². The van der Waals surface area contributed by atoms with Gasteiger partial charge in [-0.25, -0.2) is 0 Å². The van der Waals surface area contributed by atoms with Crippen molar-refractivity contribution in [3.05, 3.63) is 0 Å². The molecule has 2 fully saturated rings. The Morgan fingerprint density at radius 2 is 1.68 bits per heavy atom. The van der Waals surface area contributed by atoms with Crippen LogP contribution in [0.1, 0.15) is 32.6 Å². The van der Waals surface area contributed by atoms with Crippen molar-refractivity contribution in [1.82, 2.24) is 14.7 Å². The summed E-state index contributed by atoms with van der Waals surface area (Å²) in [5.41, 5.74) is 0. The van der Waals surface area contributed by atoms with Crippen LogP contribution in [0.5, 0.6) is 0 Å². The minimum absolute atomic E-state index is 0.327. The molecule has 0 N–H and O–H groups in total. The monoisotopic (exact) mass is 267 g/mol. The third kappa shape index (κ3) is 4.18. The zero-order chi connectivity index (χ0) is 13.8. The Morgan fingerprint density at radius 1 is 1.11 bits per heavy atom. The molecule has 0 saturated carbocycles. The maximum atomic E-state index is 12.3. The number of hydrogen-bond donors (Lipinski definition) is 0. The Bertz CT molecular complexity index is 292. The second-order valence-electron chi connectivity index (χ2n) is 6.51. The highest BCUT2D eigenvalue weighted by atomic mass is 16.2. The van der Waals surface area contributed by atoms with Gasteiger partial charge in [0.15, 0.2) is 0 Å². The van der Waals surface area contributed by atoms with Crippen molar-refractivity contribution in [2.75, 3.05) is 46.8 Å². The van der Waals surface area contributed by atoms with Crippen molar-refractivity contribution >= 4 is 5.91 Å². The molecule has 0 aromatic carbocycles. The number of rotatable bonds is 3. The molecule has 0 atom stereocenters. The van der Waals surface area contributed by atoms with Gasteiger partial charge in [-0.05, 0) is 58.8 Å². The smallest absolute Gasteiger partial charge is 0.236 e. The highest BCUT2D eigenvalue weighted by molar-refractivity contribution is 5.78. The van der Waals surface area contributed by atoms with Crippen LogP contribution in [0.15, 0.2) is 0 Å². The van der Waals surface area contributed by atoms with Crippen LogP contribution in [-0.4, -0.2) is 73.5 Å². The van der Waals surface area contributed by atoms with Gasteiger partial charge in [-0.15, -0.1) is 0 Å². The Hall–Kier alpha value is -0.610. The van der Waals surface area contributed by atoms with E-state index in [1.807, 2.05) is 0 Å². The summed E-state index contributed by atoms with van der Waals surface area (Å²) in [7, 11) is 4.29. The molecule has 1 amide bonds. The Labute approximate surface area is 117 Å². The number of likely N-dealkylation sites (tertiary alicyclic amines) is 2. The number of hydrogen-bond acceptors (Lipinski definition) is 3. The lowest BCUT2D eigenvalue weighted by molar-refractivity contribution is -0.134. The van der Waals surface area contributed by atoms with E-state index in [2.05, 4.69) is 35.7 Å². The van der Waals surface area contributed by atoms with Crippen molar-refractivity contribution in [3.63, 3.8) is 0 Å². The largest absolute Gasteiger partial charge is 0.342 e. The second-order valence-corrected chi connectivity index (χ2v) is 6.51. The van der Waals surface area contributed by atoms with Crippen LogP contribution in [0, 0.1) is 5.92 Å². The van der Waals surface area contributed by atoms with Crippen molar-refractivity contribution in [1.29, 1.82) is 0 Å². The molecule has 0 aliphatic carbocycles. The fraction of sp³-hybridized carbons (Fsp3) is 0.933. The molecule has 4 nitrogen and oxygen atoms in total.